The lowest BCUT2D eigenvalue weighted by molar-refractivity contribution is -0.254. The van der Waals surface area contributed by atoms with Gasteiger partial charge in [0, 0.05) is 74.5 Å². The van der Waals surface area contributed by atoms with Gasteiger partial charge >= 0.3 is 17.8 Å². The summed E-state index contributed by atoms with van der Waals surface area (Å²) in [5.41, 5.74) is 2.71. The topological polar surface area (TPSA) is 77.8 Å². The number of nitrogens with zero attached hydrogens (tertiary/aromatic N) is 4. The number of hydrogen-bond acceptors (Lipinski definition) is 8. The van der Waals surface area contributed by atoms with E-state index >= 15 is 26.3 Å². The number of hydrogen-bond donors (Lipinski definition) is 0. The number of aromatic nitrogens is 4. The van der Waals surface area contributed by atoms with Crippen LogP contribution in [0.1, 0.15) is 20.9 Å². The van der Waals surface area contributed by atoms with Crippen LogP contribution in [-0.4, -0.2) is 38.2 Å². The van der Waals surface area contributed by atoms with E-state index in [0.29, 0.717) is 31.7 Å². The molecule has 10 aromatic rings. The molecule has 0 unspecified atom stereocenters. The van der Waals surface area contributed by atoms with Crippen molar-refractivity contribution in [2.75, 3.05) is 0 Å². The van der Waals surface area contributed by atoms with Crippen molar-refractivity contribution >= 4 is 54.0 Å². The van der Waals surface area contributed by atoms with Crippen LogP contribution in [-0.2, 0) is 0 Å². The van der Waals surface area contributed by atoms with Gasteiger partial charge in [-0.05, 0) is 84.6 Å². The molecule has 6 aromatic carbocycles. The average molecular weight is 909 g/mol. The van der Waals surface area contributed by atoms with E-state index in [-0.39, 0.29) is 55.2 Å². The van der Waals surface area contributed by atoms with E-state index in [1.807, 2.05) is 109 Å². The second-order valence-electron chi connectivity index (χ2n) is 15.7. The highest BCUT2D eigenvalue weighted by Gasteiger charge is 2.80. The molecular formula is C51H30F6N4O2S2. The summed E-state index contributed by atoms with van der Waals surface area (Å²) in [7, 11) is 0. The van der Waals surface area contributed by atoms with E-state index in [1.165, 1.54) is 38.1 Å². The van der Waals surface area contributed by atoms with Crippen molar-refractivity contribution in [1.29, 1.82) is 0 Å². The van der Waals surface area contributed by atoms with E-state index in [4.69, 9.17) is 8.83 Å². The fourth-order valence-corrected chi connectivity index (χ4v) is 10.7. The van der Waals surface area contributed by atoms with Crippen molar-refractivity contribution in [2.45, 2.75) is 31.6 Å². The molecule has 11 rings (SSSR count). The molecule has 65 heavy (non-hydrogen) atoms. The van der Waals surface area contributed by atoms with Gasteiger partial charge in [0.1, 0.15) is 0 Å². The lowest BCUT2D eigenvalue weighted by atomic mass is 9.91. The normalized spacial score (nSPS) is 15.4. The standard InChI is InChI=1S/C51H30F6N4O2S2/c1-27-41(37-23-21-35(25-39(37)64-27)47-60-58-45(62-47)33-17-13-31(14-18-33)29-9-5-3-6-10-29)43-44(50(54,55)51(56,57)49(43,52)53)42-28(2)65-40-26-36(22-24-38(40)42)48-61-59-46(63-48)34-19-15-32(16-20-34)30-11-7-4-8-12-30/h3-26H,1-2H3. The number of halogens is 6. The fourth-order valence-electron chi connectivity index (χ4n) is 8.50. The van der Waals surface area contributed by atoms with Gasteiger partial charge in [-0.15, -0.1) is 43.1 Å². The van der Waals surface area contributed by atoms with Gasteiger partial charge < -0.3 is 8.83 Å². The van der Waals surface area contributed by atoms with Crippen molar-refractivity contribution in [3.63, 3.8) is 0 Å². The molecule has 1 aliphatic carbocycles. The third kappa shape index (κ3) is 6.45. The van der Waals surface area contributed by atoms with Crippen LogP contribution in [0.25, 0.3) is 99.4 Å². The minimum atomic E-state index is -5.75. The van der Waals surface area contributed by atoms with Gasteiger partial charge in [0.2, 0.25) is 23.6 Å². The van der Waals surface area contributed by atoms with Gasteiger partial charge in [0.25, 0.3) is 0 Å². The first-order chi connectivity index (χ1) is 31.3. The Hall–Kier alpha value is -7.16. The van der Waals surface area contributed by atoms with Crippen molar-refractivity contribution in [2.24, 2.45) is 0 Å². The van der Waals surface area contributed by atoms with E-state index in [0.717, 1.165) is 44.9 Å². The number of alkyl halides is 6. The predicted molar refractivity (Wildman–Crippen MR) is 243 cm³/mol. The molecule has 4 heterocycles. The quantitative estimate of drug-likeness (QED) is 0.141. The summed E-state index contributed by atoms with van der Waals surface area (Å²) in [4.78, 5) is 0.313. The highest BCUT2D eigenvalue weighted by molar-refractivity contribution is 7.19. The minimum absolute atomic E-state index is 0.106. The van der Waals surface area contributed by atoms with Crippen LogP contribution in [0.3, 0.4) is 0 Å². The maximum Gasteiger partial charge on any atom is 0.380 e. The molecule has 0 spiro atoms. The zero-order valence-corrected chi connectivity index (χ0v) is 35.7. The summed E-state index contributed by atoms with van der Waals surface area (Å²) >= 11 is 2.03. The molecule has 0 amide bonds. The van der Waals surface area contributed by atoms with Crippen LogP contribution < -0.4 is 0 Å². The van der Waals surface area contributed by atoms with E-state index in [2.05, 4.69) is 20.4 Å². The van der Waals surface area contributed by atoms with E-state index < -0.39 is 28.9 Å². The molecule has 1 aliphatic rings. The number of benzene rings is 6. The minimum Gasteiger partial charge on any atom is -0.416 e. The van der Waals surface area contributed by atoms with Gasteiger partial charge in [0.15, 0.2) is 0 Å². The molecule has 0 aliphatic heterocycles. The van der Waals surface area contributed by atoms with Gasteiger partial charge in [-0.25, -0.2) is 0 Å². The highest BCUT2D eigenvalue weighted by Crippen LogP contribution is 2.67. The molecule has 0 saturated heterocycles. The third-order valence-corrected chi connectivity index (χ3v) is 13.9. The lowest BCUT2D eigenvalue weighted by Gasteiger charge is -2.26. The monoisotopic (exact) mass is 908 g/mol. The number of aryl methyl sites for hydroxylation is 2. The number of allylic oxidation sites excluding steroid dienone is 2. The van der Waals surface area contributed by atoms with Crippen LogP contribution >= 0.6 is 22.7 Å². The Morgan fingerprint density at radius 3 is 1.06 bits per heavy atom. The zero-order chi connectivity index (χ0) is 44.8. The van der Waals surface area contributed by atoms with Gasteiger partial charge in [-0.3, -0.25) is 0 Å². The first-order valence-corrected chi connectivity index (χ1v) is 21.9. The van der Waals surface area contributed by atoms with E-state index in [1.54, 1.807) is 12.1 Å². The number of fused-ring (bicyclic) bond motifs is 2. The third-order valence-electron chi connectivity index (χ3n) is 11.7. The SMILES string of the molecule is Cc1sc2cc(-c3nnc(-c4ccc(-c5ccccc5)cc4)o3)ccc2c1C1=C(c2c(C)sc3cc(-c4nnc(-c5ccc(-c6ccccc6)cc5)o4)ccc23)C(F)(F)C(F)(F)C1(F)F. The second-order valence-corrected chi connectivity index (χ2v) is 18.2. The first kappa shape index (κ1) is 40.6. The molecule has 0 bridgehead atoms. The van der Waals surface area contributed by atoms with E-state index in [9.17, 15) is 0 Å². The smallest absolute Gasteiger partial charge is 0.380 e. The summed E-state index contributed by atoms with van der Waals surface area (Å²) in [5.74, 6) is -15.5. The molecule has 320 valence electrons. The summed E-state index contributed by atoms with van der Waals surface area (Å²) < 4.78 is 110. The molecule has 4 aromatic heterocycles. The van der Waals surface area contributed by atoms with Gasteiger partial charge in [-0.2, -0.15) is 26.3 Å². The van der Waals surface area contributed by atoms with Crippen molar-refractivity contribution in [3.05, 3.63) is 166 Å². The Balaban J connectivity index is 0.952. The molecule has 0 N–H and O–H groups in total. The van der Waals surface area contributed by atoms with Gasteiger partial charge in [-0.1, -0.05) is 97.1 Å². The van der Waals surface area contributed by atoms with Gasteiger partial charge in [0.05, 0.1) is 0 Å². The highest BCUT2D eigenvalue weighted by atomic mass is 32.1. The van der Waals surface area contributed by atoms with Crippen LogP contribution in [0.5, 0.6) is 0 Å². The Kier molecular flexibility index (Phi) is 9.35. The molecule has 0 saturated carbocycles. The molecule has 0 radical (unpaired) electrons. The molecular weight excluding hydrogens is 879 g/mol. The zero-order valence-electron chi connectivity index (χ0n) is 34.0. The molecule has 0 fully saturated rings. The Labute approximate surface area is 374 Å². The van der Waals surface area contributed by atoms with Crippen molar-refractivity contribution in [3.8, 4) is 68.1 Å². The summed E-state index contributed by atoms with van der Waals surface area (Å²) in [6, 6.07) is 43.9. The number of thiophene rings is 2. The summed E-state index contributed by atoms with van der Waals surface area (Å²) in [5, 5.41) is 17.0. The summed E-state index contributed by atoms with van der Waals surface area (Å²) in [6.45, 7) is 2.92. The van der Waals surface area contributed by atoms with Crippen LogP contribution in [0.2, 0.25) is 0 Å². The molecule has 14 heteroatoms. The Bertz CT molecular complexity index is 3260. The first-order valence-electron chi connectivity index (χ1n) is 20.3. The molecule has 0 atom stereocenters. The van der Waals surface area contributed by atoms with Crippen LogP contribution in [0.4, 0.5) is 26.3 Å². The van der Waals surface area contributed by atoms with Crippen molar-refractivity contribution < 1.29 is 35.2 Å². The predicted octanol–water partition coefficient (Wildman–Crippen LogP) is 15.3. The fraction of sp³-hybridized carbons (Fsp3) is 0.0980. The largest absolute Gasteiger partial charge is 0.416 e. The maximum atomic E-state index is 16.4. The lowest BCUT2D eigenvalue weighted by Crippen LogP contribution is -2.48. The Morgan fingerprint density at radius 2 is 0.692 bits per heavy atom. The second kappa shape index (κ2) is 15.0. The average Bonchev–Trinajstić information content (AvgIpc) is 4.15. The van der Waals surface area contributed by atoms with Crippen LogP contribution in [0, 0.1) is 13.8 Å². The maximum absolute atomic E-state index is 16.4. The van der Waals surface area contributed by atoms with Crippen molar-refractivity contribution in [1.82, 2.24) is 20.4 Å². The molecule has 6 nitrogen and oxygen atoms in total. The number of rotatable bonds is 8. The van der Waals surface area contributed by atoms with Crippen LogP contribution in [0.15, 0.2) is 154 Å². The Morgan fingerprint density at radius 1 is 0.385 bits per heavy atom. The summed E-state index contributed by atoms with van der Waals surface area (Å²) in [6.07, 6.45) is 0.